The Morgan fingerprint density at radius 1 is 1.14 bits per heavy atom. The molecule has 0 saturated carbocycles. The number of nitro benzene ring substituents is 1. The van der Waals surface area contributed by atoms with Gasteiger partial charge in [-0.05, 0) is 12.1 Å². The van der Waals surface area contributed by atoms with Crippen LogP contribution in [0.4, 0.5) is 5.69 Å². The average Bonchev–Trinajstić information content (AvgIpc) is 2.48. The minimum Gasteiger partial charge on any atom is -0.485 e. The number of benzene rings is 2. The first-order chi connectivity index (χ1) is 9.97. The molecule has 2 rings (SSSR count). The Balaban J connectivity index is 2.06. The van der Waals surface area contributed by atoms with Crippen molar-refractivity contribution in [1.82, 2.24) is 0 Å². The molecule has 0 spiro atoms. The fourth-order valence-electron chi connectivity index (χ4n) is 1.59. The molecule has 0 N–H and O–H groups in total. The molecule has 0 aliphatic carbocycles. The Hall–Kier alpha value is -2.11. The first-order valence-electron chi connectivity index (χ1n) is 5.83. The minimum atomic E-state index is -0.559. The Bertz CT molecular complexity index is 703. The molecule has 108 valence electrons. The van der Waals surface area contributed by atoms with Gasteiger partial charge < -0.3 is 4.74 Å². The van der Waals surface area contributed by atoms with Gasteiger partial charge in [0.15, 0.2) is 12.4 Å². The molecular formula is C14H9Cl2NO4. The van der Waals surface area contributed by atoms with Crippen LogP contribution < -0.4 is 4.74 Å². The number of nitro groups is 1. The van der Waals surface area contributed by atoms with E-state index < -0.39 is 4.92 Å². The molecule has 21 heavy (non-hydrogen) atoms. The predicted octanol–water partition coefficient (Wildman–Crippen LogP) is 4.16. The van der Waals surface area contributed by atoms with Gasteiger partial charge in [-0.15, -0.1) is 0 Å². The lowest BCUT2D eigenvalue weighted by Crippen LogP contribution is -2.11. The van der Waals surface area contributed by atoms with Crippen LogP contribution in [0.1, 0.15) is 10.4 Å². The van der Waals surface area contributed by atoms with Crippen molar-refractivity contribution in [3.63, 3.8) is 0 Å². The van der Waals surface area contributed by atoms with E-state index in [0.29, 0.717) is 15.8 Å². The molecule has 0 bridgehead atoms. The number of halogens is 2. The summed E-state index contributed by atoms with van der Waals surface area (Å²) in [6.07, 6.45) is 0. The van der Waals surface area contributed by atoms with Gasteiger partial charge in [-0.3, -0.25) is 14.9 Å². The van der Waals surface area contributed by atoms with Gasteiger partial charge in [-0.1, -0.05) is 35.3 Å². The van der Waals surface area contributed by atoms with Crippen molar-refractivity contribution in [2.75, 3.05) is 6.61 Å². The van der Waals surface area contributed by atoms with E-state index in [9.17, 15) is 14.9 Å². The Labute approximate surface area is 130 Å². The molecule has 2 aromatic rings. The molecule has 0 amide bonds. The quantitative estimate of drug-likeness (QED) is 0.470. The molecule has 0 aliphatic rings. The number of rotatable bonds is 5. The number of non-ortho nitro benzene ring substituents is 1. The molecule has 7 heteroatoms. The summed E-state index contributed by atoms with van der Waals surface area (Å²) in [5.74, 6) is 0.0213. The number of hydrogen-bond acceptors (Lipinski definition) is 4. The van der Waals surface area contributed by atoms with E-state index in [2.05, 4.69) is 0 Å². The van der Waals surface area contributed by atoms with Gasteiger partial charge in [-0.2, -0.15) is 0 Å². The number of carbonyl (C=O) groups is 1. The van der Waals surface area contributed by atoms with Crippen molar-refractivity contribution < 1.29 is 14.5 Å². The van der Waals surface area contributed by atoms with Crippen molar-refractivity contribution in [3.8, 4) is 5.75 Å². The average molecular weight is 326 g/mol. The van der Waals surface area contributed by atoms with E-state index >= 15 is 0 Å². The van der Waals surface area contributed by atoms with Gasteiger partial charge in [0.25, 0.3) is 5.69 Å². The maximum absolute atomic E-state index is 11.9. The maximum Gasteiger partial charge on any atom is 0.270 e. The van der Waals surface area contributed by atoms with Crippen LogP contribution in [0.3, 0.4) is 0 Å². The lowest BCUT2D eigenvalue weighted by molar-refractivity contribution is -0.384. The van der Waals surface area contributed by atoms with E-state index in [4.69, 9.17) is 27.9 Å². The fourth-order valence-corrected chi connectivity index (χ4v) is 1.88. The standard InChI is InChI=1S/C14H9Cl2NO4/c15-12-5-4-11(7-13(12)16)21-8-14(18)9-2-1-3-10(6-9)17(19)20/h1-7H,8H2. The number of ether oxygens (including phenoxy) is 1. The van der Waals surface area contributed by atoms with Gasteiger partial charge in [0, 0.05) is 23.8 Å². The molecule has 0 atom stereocenters. The SMILES string of the molecule is O=C(COc1ccc(Cl)c(Cl)c1)c1cccc([N+](=O)[O-])c1. The second-order valence-electron chi connectivity index (χ2n) is 4.10. The zero-order valence-electron chi connectivity index (χ0n) is 10.6. The van der Waals surface area contributed by atoms with Gasteiger partial charge in [0.2, 0.25) is 0 Å². The van der Waals surface area contributed by atoms with E-state index in [1.807, 2.05) is 0 Å². The van der Waals surface area contributed by atoms with Crippen LogP contribution in [0.5, 0.6) is 5.75 Å². The Morgan fingerprint density at radius 3 is 2.57 bits per heavy atom. The Kier molecular flexibility index (Phi) is 4.77. The van der Waals surface area contributed by atoms with Crippen LogP contribution >= 0.6 is 23.2 Å². The van der Waals surface area contributed by atoms with E-state index in [1.165, 1.54) is 30.3 Å². The van der Waals surface area contributed by atoms with Gasteiger partial charge >= 0.3 is 0 Å². The van der Waals surface area contributed by atoms with Crippen LogP contribution in [0.25, 0.3) is 0 Å². The van der Waals surface area contributed by atoms with Crippen LogP contribution in [0.2, 0.25) is 10.0 Å². The van der Waals surface area contributed by atoms with E-state index in [1.54, 1.807) is 12.1 Å². The highest BCUT2D eigenvalue weighted by molar-refractivity contribution is 6.42. The summed E-state index contributed by atoms with van der Waals surface area (Å²) in [7, 11) is 0. The second-order valence-corrected chi connectivity index (χ2v) is 4.91. The van der Waals surface area contributed by atoms with Crippen molar-refractivity contribution in [3.05, 3.63) is 68.2 Å². The zero-order chi connectivity index (χ0) is 15.4. The third-order valence-corrected chi connectivity index (χ3v) is 3.38. The van der Waals surface area contributed by atoms with Crippen molar-refractivity contribution in [2.45, 2.75) is 0 Å². The largest absolute Gasteiger partial charge is 0.485 e. The topological polar surface area (TPSA) is 69.4 Å². The third kappa shape index (κ3) is 3.93. The molecule has 0 heterocycles. The number of hydrogen-bond donors (Lipinski definition) is 0. The zero-order valence-corrected chi connectivity index (χ0v) is 12.1. The third-order valence-electron chi connectivity index (χ3n) is 2.64. The first-order valence-corrected chi connectivity index (χ1v) is 6.58. The summed E-state index contributed by atoms with van der Waals surface area (Å²) in [6, 6.07) is 10.1. The number of ketones is 1. The van der Waals surface area contributed by atoms with Crippen molar-refractivity contribution in [1.29, 1.82) is 0 Å². The molecule has 0 aliphatic heterocycles. The monoisotopic (exact) mass is 325 g/mol. The highest BCUT2D eigenvalue weighted by Gasteiger charge is 2.12. The fraction of sp³-hybridized carbons (Fsp3) is 0.0714. The molecule has 0 radical (unpaired) electrons. The smallest absolute Gasteiger partial charge is 0.270 e. The lowest BCUT2D eigenvalue weighted by atomic mass is 10.1. The summed E-state index contributed by atoms with van der Waals surface area (Å²) < 4.78 is 5.30. The summed E-state index contributed by atoms with van der Waals surface area (Å²) in [5.41, 5.74) is 0.0691. The van der Waals surface area contributed by atoms with Gasteiger partial charge in [-0.25, -0.2) is 0 Å². The van der Waals surface area contributed by atoms with E-state index in [0.717, 1.165) is 0 Å². The minimum absolute atomic E-state index is 0.143. The van der Waals surface area contributed by atoms with Crippen molar-refractivity contribution in [2.24, 2.45) is 0 Å². The lowest BCUT2D eigenvalue weighted by Gasteiger charge is -2.06. The summed E-state index contributed by atoms with van der Waals surface area (Å²) in [4.78, 5) is 22.0. The number of nitrogens with zero attached hydrogens (tertiary/aromatic N) is 1. The molecule has 0 unspecified atom stereocenters. The maximum atomic E-state index is 11.9. The first kappa shape index (κ1) is 15.3. The van der Waals surface area contributed by atoms with Crippen LogP contribution in [-0.4, -0.2) is 17.3 Å². The second kappa shape index (κ2) is 6.56. The van der Waals surface area contributed by atoms with E-state index in [-0.39, 0.29) is 23.6 Å². The molecule has 5 nitrogen and oxygen atoms in total. The predicted molar refractivity (Wildman–Crippen MR) is 79.4 cm³/mol. The van der Waals surface area contributed by atoms with Crippen molar-refractivity contribution >= 4 is 34.7 Å². The Morgan fingerprint density at radius 2 is 1.90 bits per heavy atom. The summed E-state index contributed by atoms with van der Waals surface area (Å²) >= 11 is 11.6. The summed E-state index contributed by atoms with van der Waals surface area (Å²) in [5, 5.41) is 11.4. The molecule has 0 saturated heterocycles. The highest BCUT2D eigenvalue weighted by Crippen LogP contribution is 2.26. The normalized spacial score (nSPS) is 10.2. The molecule has 0 fully saturated rings. The molecule has 0 aromatic heterocycles. The highest BCUT2D eigenvalue weighted by atomic mass is 35.5. The van der Waals surface area contributed by atoms with Gasteiger partial charge in [0.05, 0.1) is 15.0 Å². The number of Topliss-reactive ketones (excluding diaryl/α,β-unsaturated/α-hetero) is 1. The summed E-state index contributed by atoms with van der Waals surface area (Å²) in [6.45, 7) is -0.251. The van der Waals surface area contributed by atoms with Crippen LogP contribution in [-0.2, 0) is 0 Å². The van der Waals surface area contributed by atoms with Crippen LogP contribution in [0, 0.1) is 10.1 Å². The molecular weight excluding hydrogens is 317 g/mol. The molecule has 2 aromatic carbocycles. The number of carbonyl (C=O) groups excluding carboxylic acids is 1. The van der Waals surface area contributed by atoms with Gasteiger partial charge in [0.1, 0.15) is 5.75 Å². The van der Waals surface area contributed by atoms with Crippen LogP contribution in [0.15, 0.2) is 42.5 Å².